The van der Waals surface area contributed by atoms with Crippen LogP contribution in [0.5, 0.6) is 0 Å². The molecule has 0 spiro atoms. The smallest absolute Gasteiger partial charge is 0.0701 e. The lowest BCUT2D eigenvalue weighted by Gasteiger charge is -2.04. The second-order valence-electron chi connectivity index (χ2n) is 3.29. The Balaban J connectivity index is 1.97. The van der Waals surface area contributed by atoms with Crippen molar-refractivity contribution in [1.82, 2.24) is 0 Å². The zero-order valence-electron chi connectivity index (χ0n) is 6.59. The van der Waals surface area contributed by atoms with Crippen molar-refractivity contribution in [2.45, 2.75) is 24.6 Å². The highest BCUT2D eigenvalue weighted by Crippen LogP contribution is 2.42. The first-order valence-electron chi connectivity index (χ1n) is 4.15. The summed E-state index contributed by atoms with van der Waals surface area (Å²) in [6.45, 7) is 0. The molecule has 1 aliphatic rings. The van der Waals surface area contributed by atoms with Crippen molar-refractivity contribution in [2.24, 2.45) is 5.92 Å². The number of hydrogen-bond acceptors (Lipinski definition) is 1. The molecular formula is C9H10BrClS. The molecule has 0 saturated heterocycles. The third kappa shape index (κ3) is 2.24. The Hall–Kier alpha value is 0.470. The normalized spacial score (nSPS) is 19.5. The zero-order valence-corrected chi connectivity index (χ0v) is 9.75. The molecule has 1 heterocycles. The lowest BCUT2D eigenvalue weighted by molar-refractivity contribution is 0.713. The van der Waals surface area contributed by atoms with E-state index in [2.05, 4.69) is 28.1 Å². The molecule has 1 saturated carbocycles. The SMILES string of the molecule is ClC(CC1CC1)c1ccc(Br)s1. The molecule has 1 aliphatic carbocycles. The van der Waals surface area contributed by atoms with Gasteiger partial charge in [-0.1, -0.05) is 12.8 Å². The maximum atomic E-state index is 6.24. The summed E-state index contributed by atoms with van der Waals surface area (Å²) in [4.78, 5) is 1.30. The maximum Gasteiger partial charge on any atom is 0.0701 e. The third-order valence-electron chi connectivity index (χ3n) is 2.14. The molecule has 1 unspecified atom stereocenters. The van der Waals surface area contributed by atoms with E-state index in [9.17, 15) is 0 Å². The fraction of sp³-hybridized carbons (Fsp3) is 0.556. The average Bonchev–Trinajstić information content (AvgIpc) is 2.72. The first-order valence-corrected chi connectivity index (χ1v) is 6.19. The minimum atomic E-state index is 0.244. The van der Waals surface area contributed by atoms with E-state index in [-0.39, 0.29) is 5.38 Å². The molecular weight excluding hydrogens is 256 g/mol. The van der Waals surface area contributed by atoms with Crippen molar-refractivity contribution in [2.75, 3.05) is 0 Å². The van der Waals surface area contributed by atoms with Gasteiger partial charge in [0, 0.05) is 4.88 Å². The van der Waals surface area contributed by atoms with Crippen LogP contribution in [0.3, 0.4) is 0 Å². The van der Waals surface area contributed by atoms with E-state index in [1.807, 2.05) is 0 Å². The van der Waals surface area contributed by atoms with Crippen LogP contribution in [0.25, 0.3) is 0 Å². The van der Waals surface area contributed by atoms with Crippen LogP contribution in [0.4, 0.5) is 0 Å². The van der Waals surface area contributed by atoms with E-state index in [4.69, 9.17) is 11.6 Å². The molecule has 0 N–H and O–H groups in total. The standard InChI is InChI=1S/C9H10BrClS/c10-9-4-3-8(12-9)7(11)5-6-1-2-6/h3-4,6-7H,1-2,5H2. The fourth-order valence-corrected chi connectivity index (χ4v) is 3.13. The van der Waals surface area contributed by atoms with Crippen LogP contribution < -0.4 is 0 Å². The van der Waals surface area contributed by atoms with Gasteiger partial charge >= 0.3 is 0 Å². The predicted octanol–water partition coefficient (Wildman–Crippen LogP) is 4.59. The number of halogens is 2. The van der Waals surface area contributed by atoms with E-state index in [0.29, 0.717) is 0 Å². The third-order valence-corrected chi connectivity index (χ3v) is 4.42. The van der Waals surface area contributed by atoms with Gasteiger partial charge in [-0.3, -0.25) is 0 Å². The Morgan fingerprint density at radius 1 is 1.58 bits per heavy atom. The van der Waals surface area contributed by atoms with E-state index >= 15 is 0 Å². The van der Waals surface area contributed by atoms with Crippen LogP contribution in [0.15, 0.2) is 15.9 Å². The maximum absolute atomic E-state index is 6.24. The van der Waals surface area contributed by atoms with Crippen molar-refractivity contribution in [3.63, 3.8) is 0 Å². The summed E-state index contributed by atoms with van der Waals surface area (Å²) in [6, 6.07) is 4.19. The molecule has 0 amide bonds. The summed E-state index contributed by atoms with van der Waals surface area (Å²) < 4.78 is 1.18. The fourth-order valence-electron chi connectivity index (χ4n) is 1.26. The summed E-state index contributed by atoms with van der Waals surface area (Å²) in [6.07, 6.45) is 3.93. The average molecular weight is 266 g/mol. The molecule has 1 aromatic rings. The second kappa shape index (κ2) is 3.69. The lowest BCUT2D eigenvalue weighted by atomic mass is 10.2. The zero-order chi connectivity index (χ0) is 8.55. The van der Waals surface area contributed by atoms with E-state index in [1.54, 1.807) is 11.3 Å². The van der Waals surface area contributed by atoms with Gasteiger partial charge in [0.2, 0.25) is 0 Å². The first kappa shape index (κ1) is 9.04. The largest absolute Gasteiger partial charge is 0.132 e. The quantitative estimate of drug-likeness (QED) is 0.701. The Morgan fingerprint density at radius 3 is 2.83 bits per heavy atom. The molecule has 3 heteroatoms. The van der Waals surface area contributed by atoms with Gasteiger partial charge in [-0.2, -0.15) is 0 Å². The van der Waals surface area contributed by atoms with Crippen LogP contribution in [-0.4, -0.2) is 0 Å². The number of hydrogen-bond donors (Lipinski definition) is 0. The van der Waals surface area contributed by atoms with Gasteiger partial charge in [0.1, 0.15) is 0 Å². The minimum absolute atomic E-state index is 0.244. The predicted molar refractivity (Wildman–Crippen MR) is 58.0 cm³/mol. The molecule has 0 nitrogen and oxygen atoms in total. The molecule has 1 fully saturated rings. The van der Waals surface area contributed by atoms with Crippen LogP contribution in [0.1, 0.15) is 29.5 Å². The Bertz CT molecular complexity index is 267. The van der Waals surface area contributed by atoms with Crippen LogP contribution >= 0.6 is 38.9 Å². The van der Waals surface area contributed by atoms with Gasteiger partial charge in [-0.25, -0.2) is 0 Å². The molecule has 0 radical (unpaired) electrons. The lowest BCUT2D eigenvalue weighted by Crippen LogP contribution is -1.87. The van der Waals surface area contributed by atoms with Gasteiger partial charge in [0.15, 0.2) is 0 Å². The van der Waals surface area contributed by atoms with Crippen molar-refractivity contribution < 1.29 is 0 Å². The Kier molecular flexibility index (Phi) is 2.78. The van der Waals surface area contributed by atoms with Crippen LogP contribution in [0.2, 0.25) is 0 Å². The highest BCUT2D eigenvalue weighted by molar-refractivity contribution is 9.11. The van der Waals surface area contributed by atoms with E-state index in [1.165, 1.54) is 21.5 Å². The van der Waals surface area contributed by atoms with Crippen molar-refractivity contribution in [3.05, 3.63) is 20.8 Å². The van der Waals surface area contributed by atoms with Gasteiger partial charge in [-0.15, -0.1) is 22.9 Å². The number of rotatable bonds is 3. The topological polar surface area (TPSA) is 0 Å². The van der Waals surface area contributed by atoms with Gasteiger partial charge < -0.3 is 0 Å². The van der Waals surface area contributed by atoms with Crippen LogP contribution in [0, 0.1) is 5.92 Å². The molecule has 1 aromatic heterocycles. The van der Waals surface area contributed by atoms with Crippen molar-refractivity contribution in [3.8, 4) is 0 Å². The minimum Gasteiger partial charge on any atom is -0.132 e. The molecule has 0 aliphatic heterocycles. The van der Waals surface area contributed by atoms with Gasteiger partial charge in [0.05, 0.1) is 9.16 Å². The summed E-state index contributed by atoms with van der Waals surface area (Å²) >= 11 is 11.4. The molecule has 0 aromatic carbocycles. The van der Waals surface area contributed by atoms with Crippen LogP contribution in [-0.2, 0) is 0 Å². The summed E-state index contributed by atoms with van der Waals surface area (Å²) in [7, 11) is 0. The summed E-state index contributed by atoms with van der Waals surface area (Å²) in [5.74, 6) is 0.911. The molecule has 2 rings (SSSR count). The van der Waals surface area contributed by atoms with Crippen molar-refractivity contribution >= 4 is 38.9 Å². The molecule has 12 heavy (non-hydrogen) atoms. The summed E-state index contributed by atoms with van der Waals surface area (Å²) in [5, 5.41) is 0.244. The Labute approximate surface area is 90.1 Å². The molecule has 66 valence electrons. The highest BCUT2D eigenvalue weighted by atomic mass is 79.9. The van der Waals surface area contributed by atoms with E-state index in [0.717, 1.165) is 12.3 Å². The Morgan fingerprint density at radius 2 is 2.33 bits per heavy atom. The monoisotopic (exact) mass is 264 g/mol. The van der Waals surface area contributed by atoms with Gasteiger partial charge in [-0.05, 0) is 40.4 Å². The first-order chi connectivity index (χ1) is 5.75. The van der Waals surface area contributed by atoms with E-state index < -0.39 is 0 Å². The summed E-state index contributed by atoms with van der Waals surface area (Å²) in [5.41, 5.74) is 0. The highest BCUT2D eigenvalue weighted by Gasteiger charge is 2.25. The molecule has 0 bridgehead atoms. The second-order valence-corrected chi connectivity index (χ2v) is 6.31. The number of alkyl halides is 1. The van der Waals surface area contributed by atoms with Crippen molar-refractivity contribution in [1.29, 1.82) is 0 Å². The molecule has 1 atom stereocenters. The van der Waals surface area contributed by atoms with Gasteiger partial charge in [0.25, 0.3) is 0 Å². The number of thiophene rings is 1.